The van der Waals surface area contributed by atoms with Crippen molar-refractivity contribution in [1.29, 1.82) is 0 Å². The summed E-state index contributed by atoms with van der Waals surface area (Å²) in [4.78, 5) is 4.50. The van der Waals surface area contributed by atoms with Gasteiger partial charge in [-0.05, 0) is 42.8 Å². The van der Waals surface area contributed by atoms with E-state index in [2.05, 4.69) is 15.2 Å². The minimum Gasteiger partial charge on any atom is -0.399 e. The molecule has 1 heterocycles. The highest BCUT2D eigenvalue weighted by molar-refractivity contribution is 6.30. The van der Waals surface area contributed by atoms with Crippen molar-refractivity contribution in [3.8, 4) is 22.8 Å². The van der Waals surface area contributed by atoms with E-state index in [0.717, 1.165) is 22.4 Å². The SMILES string of the molecule is Cc1cc(-c2nc(-c3cccc(Cl)c3)n[nH]2)ccc1N. The molecule has 0 aliphatic heterocycles. The second-order valence-corrected chi connectivity index (χ2v) is 5.03. The molecule has 0 fully saturated rings. The van der Waals surface area contributed by atoms with Crippen molar-refractivity contribution < 1.29 is 0 Å². The Morgan fingerprint density at radius 1 is 1.10 bits per heavy atom. The Labute approximate surface area is 121 Å². The highest BCUT2D eigenvalue weighted by Gasteiger charge is 2.08. The van der Waals surface area contributed by atoms with Crippen LogP contribution in [0, 0.1) is 6.92 Å². The first-order chi connectivity index (χ1) is 9.63. The second-order valence-electron chi connectivity index (χ2n) is 4.59. The van der Waals surface area contributed by atoms with Crippen LogP contribution in [-0.4, -0.2) is 15.2 Å². The summed E-state index contributed by atoms with van der Waals surface area (Å²) in [6, 6.07) is 13.2. The zero-order valence-corrected chi connectivity index (χ0v) is 11.6. The number of nitrogens with one attached hydrogen (secondary N) is 1. The normalized spacial score (nSPS) is 10.7. The first kappa shape index (κ1) is 12.7. The summed E-state index contributed by atoms with van der Waals surface area (Å²) in [5.41, 5.74) is 9.44. The van der Waals surface area contributed by atoms with Gasteiger partial charge in [-0.2, -0.15) is 5.10 Å². The zero-order chi connectivity index (χ0) is 14.1. The number of hydrogen-bond donors (Lipinski definition) is 2. The van der Waals surface area contributed by atoms with Crippen molar-refractivity contribution in [3.63, 3.8) is 0 Å². The third-order valence-electron chi connectivity index (χ3n) is 3.11. The minimum absolute atomic E-state index is 0.622. The summed E-state index contributed by atoms with van der Waals surface area (Å²) in [7, 11) is 0. The van der Waals surface area contributed by atoms with Crippen LogP contribution in [0.25, 0.3) is 22.8 Å². The molecule has 0 amide bonds. The molecule has 0 radical (unpaired) electrons. The van der Waals surface area contributed by atoms with Gasteiger partial charge in [0.25, 0.3) is 0 Å². The van der Waals surface area contributed by atoms with E-state index >= 15 is 0 Å². The minimum atomic E-state index is 0.622. The number of rotatable bonds is 2. The molecular weight excluding hydrogens is 272 g/mol. The predicted molar refractivity (Wildman–Crippen MR) is 81.4 cm³/mol. The third-order valence-corrected chi connectivity index (χ3v) is 3.35. The fourth-order valence-electron chi connectivity index (χ4n) is 1.97. The fraction of sp³-hybridized carbons (Fsp3) is 0.0667. The van der Waals surface area contributed by atoms with E-state index in [9.17, 15) is 0 Å². The average Bonchev–Trinajstić information content (AvgIpc) is 2.92. The predicted octanol–water partition coefficient (Wildman–Crippen LogP) is 3.68. The number of aryl methyl sites for hydroxylation is 1. The number of benzene rings is 2. The number of H-pyrrole nitrogens is 1. The van der Waals surface area contributed by atoms with E-state index in [0.29, 0.717) is 16.7 Å². The Morgan fingerprint density at radius 3 is 2.70 bits per heavy atom. The highest BCUT2D eigenvalue weighted by atomic mass is 35.5. The summed E-state index contributed by atoms with van der Waals surface area (Å²) in [5, 5.41) is 7.84. The molecular formula is C15H13ClN4. The monoisotopic (exact) mass is 284 g/mol. The highest BCUT2D eigenvalue weighted by Crippen LogP contribution is 2.24. The number of hydrogen-bond acceptors (Lipinski definition) is 3. The van der Waals surface area contributed by atoms with E-state index in [-0.39, 0.29) is 0 Å². The van der Waals surface area contributed by atoms with Crippen LogP contribution in [0.1, 0.15) is 5.56 Å². The molecule has 0 unspecified atom stereocenters. The van der Waals surface area contributed by atoms with Crippen molar-refractivity contribution in [3.05, 3.63) is 53.1 Å². The summed E-state index contributed by atoms with van der Waals surface area (Å²) >= 11 is 5.98. The van der Waals surface area contributed by atoms with Crippen LogP contribution in [0.2, 0.25) is 5.02 Å². The van der Waals surface area contributed by atoms with Crippen LogP contribution in [-0.2, 0) is 0 Å². The summed E-state index contributed by atoms with van der Waals surface area (Å²) < 4.78 is 0. The molecule has 2 aromatic carbocycles. The smallest absolute Gasteiger partial charge is 0.181 e. The Bertz CT molecular complexity index is 764. The molecule has 5 heteroatoms. The molecule has 1 aromatic heterocycles. The van der Waals surface area contributed by atoms with Gasteiger partial charge in [0.05, 0.1) is 0 Å². The Balaban J connectivity index is 1.99. The average molecular weight is 285 g/mol. The lowest BCUT2D eigenvalue weighted by Gasteiger charge is -2.01. The van der Waals surface area contributed by atoms with Crippen molar-refractivity contribution in [2.75, 3.05) is 5.73 Å². The molecule has 3 N–H and O–H groups in total. The van der Waals surface area contributed by atoms with Gasteiger partial charge >= 0.3 is 0 Å². The molecule has 0 saturated carbocycles. The van der Waals surface area contributed by atoms with Gasteiger partial charge in [-0.15, -0.1) is 0 Å². The van der Waals surface area contributed by atoms with Crippen molar-refractivity contribution in [2.45, 2.75) is 6.92 Å². The molecule has 0 aliphatic carbocycles. The zero-order valence-electron chi connectivity index (χ0n) is 10.9. The molecule has 3 rings (SSSR count). The molecule has 20 heavy (non-hydrogen) atoms. The molecule has 100 valence electrons. The van der Waals surface area contributed by atoms with Gasteiger partial charge in [0.15, 0.2) is 11.6 Å². The van der Waals surface area contributed by atoms with Gasteiger partial charge in [-0.1, -0.05) is 23.7 Å². The first-order valence-corrected chi connectivity index (χ1v) is 6.56. The Hall–Kier alpha value is -2.33. The van der Waals surface area contributed by atoms with Crippen LogP contribution < -0.4 is 5.73 Å². The van der Waals surface area contributed by atoms with Crippen LogP contribution in [0.15, 0.2) is 42.5 Å². The number of anilines is 1. The van der Waals surface area contributed by atoms with E-state index < -0.39 is 0 Å². The van der Waals surface area contributed by atoms with Gasteiger partial charge in [-0.25, -0.2) is 4.98 Å². The van der Waals surface area contributed by atoms with Gasteiger partial charge in [0, 0.05) is 21.8 Å². The maximum Gasteiger partial charge on any atom is 0.181 e. The largest absolute Gasteiger partial charge is 0.399 e. The van der Waals surface area contributed by atoms with Crippen molar-refractivity contribution >= 4 is 17.3 Å². The molecule has 0 bridgehead atoms. The van der Waals surface area contributed by atoms with Crippen molar-refractivity contribution in [1.82, 2.24) is 15.2 Å². The second kappa shape index (κ2) is 4.98. The number of nitrogen functional groups attached to an aromatic ring is 1. The van der Waals surface area contributed by atoms with Crippen LogP contribution in [0.4, 0.5) is 5.69 Å². The lowest BCUT2D eigenvalue weighted by Crippen LogP contribution is -1.90. The van der Waals surface area contributed by atoms with Gasteiger partial charge in [0.2, 0.25) is 0 Å². The van der Waals surface area contributed by atoms with E-state index in [4.69, 9.17) is 17.3 Å². The number of aromatic amines is 1. The van der Waals surface area contributed by atoms with E-state index in [1.54, 1.807) is 0 Å². The lowest BCUT2D eigenvalue weighted by atomic mass is 10.1. The number of aromatic nitrogens is 3. The molecule has 0 aliphatic rings. The number of nitrogens with two attached hydrogens (primary N) is 1. The number of nitrogens with zero attached hydrogens (tertiary/aromatic N) is 2. The summed E-state index contributed by atoms with van der Waals surface area (Å²) in [6.45, 7) is 1.97. The molecule has 3 aromatic rings. The quantitative estimate of drug-likeness (QED) is 0.705. The van der Waals surface area contributed by atoms with Gasteiger partial charge < -0.3 is 5.73 Å². The summed E-state index contributed by atoms with van der Waals surface area (Å²) in [5.74, 6) is 1.33. The Kier molecular flexibility index (Phi) is 3.16. The molecule has 0 saturated heterocycles. The van der Waals surface area contributed by atoms with Crippen LogP contribution in [0.5, 0.6) is 0 Å². The molecule has 0 spiro atoms. The maximum atomic E-state index is 5.98. The van der Waals surface area contributed by atoms with Crippen LogP contribution in [0.3, 0.4) is 0 Å². The topological polar surface area (TPSA) is 67.6 Å². The van der Waals surface area contributed by atoms with E-state index in [1.165, 1.54) is 0 Å². The standard InChI is InChI=1S/C15H13ClN4/c1-9-7-11(5-6-13(9)17)15-18-14(19-20-15)10-3-2-4-12(16)8-10/h2-8H,17H2,1H3,(H,18,19,20). The van der Waals surface area contributed by atoms with E-state index in [1.807, 2.05) is 49.4 Å². The fourth-order valence-corrected chi connectivity index (χ4v) is 2.16. The third kappa shape index (κ3) is 2.38. The van der Waals surface area contributed by atoms with Gasteiger partial charge in [-0.3, -0.25) is 5.10 Å². The van der Waals surface area contributed by atoms with Crippen molar-refractivity contribution in [2.24, 2.45) is 0 Å². The first-order valence-electron chi connectivity index (χ1n) is 6.18. The lowest BCUT2D eigenvalue weighted by molar-refractivity contribution is 1.10. The molecule has 4 nitrogen and oxygen atoms in total. The maximum absolute atomic E-state index is 5.98. The summed E-state index contributed by atoms with van der Waals surface area (Å²) in [6.07, 6.45) is 0. The molecule has 0 atom stereocenters. The Morgan fingerprint density at radius 2 is 1.95 bits per heavy atom. The van der Waals surface area contributed by atoms with Gasteiger partial charge in [0.1, 0.15) is 0 Å². The number of halogens is 1. The van der Waals surface area contributed by atoms with Crippen LogP contribution >= 0.6 is 11.6 Å².